The van der Waals surface area contributed by atoms with Crippen molar-refractivity contribution < 1.29 is 14.7 Å². The summed E-state index contributed by atoms with van der Waals surface area (Å²) < 4.78 is 0. The van der Waals surface area contributed by atoms with Gasteiger partial charge in [0.15, 0.2) is 0 Å². The van der Waals surface area contributed by atoms with E-state index in [9.17, 15) is 14.5 Å². The monoisotopic (exact) mass is 229 g/mol. The lowest BCUT2D eigenvalue weighted by Gasteiger charge is -2.24. The number of nitroso groups, excluding NO2 is 1. The van der Waals surface area contributed by atoms with Crippen molar-refractivity contribution >= 4 is 12.0 Å². The van der Waals surface area contributed by atoms with E-state index in [0.717, 1.165) is 32.1 Å². The number of rotatable bonds is 4. The summed E-state index contributed by atoms with van der Waals surface area (Å²) in [5.41, 5.74) is 0. The zero-order chi connectivity index (χ0) is 12.0. The summed E-state index contributed by atoms with van der Waals surface area (Å²) >= 11 is 0. The van der Waals surface area contributed by atoms with Crippen LogP contribution in [0, 0.1) is 4.91 Å². The smallest absolute Gasteiger partial charge is 0.341 e. The largest absolute Gasteiger partial charge is 0.480 e. The molecule has 1 fully saturated rings. The molecule has 2 amide bonds. The second-order valence-corrected chi connectivity index (χ2v) is 3.82. The first-order valence-corrected chi connectivity index (χ1v) is 5.26. The molecule has 0 aromatic heterocycles. The van der Waals surface area contributed by atoms with Gasteiger partial charge in [-0.25, -0.2) is 4.79 Å². The molecule has 90 valence electrons. The number of nitrogens with one attached hydrogen (secondary N) is 1. The number of amides is 2. The number of carboxylic acid groups (broad SMARTS) is 1. The lowest BCUT2D eigenvalue weighted by atomic mass is 9.96. The van der Waals surface area contributed by atoms with Crippen LogP contribution in [0.4, 0.5) is 4.79 Å². The number of carbonyl (C=O) groups excluding carboxylic acids is 1. The third-order valence-corrected chi connectivity index (χ3v) is 2.55. The van der Waals surface area contributed by atoms with Crippen molar-refractivity contribution in [3.8, 4) is 0 Å². The maximum Gasteiger partial charge on any atom is 0.341 e. The predicted molar refractivity (Wildman–Crippen MR) is 55.5 cm³/mol. The molecule has 0 aromatic rings. The molecule has 1 aliphatic rings. The van der Waals surface area contributed by atoms with Crippen LogP contribution in [-0.4, -0.2) is 34.7 Å². The minimum Gasteiger partial charge on any atom is -0.480 e. The fraction of sp³-hybridized carbons (Fsp3) is 0.778. The van der Waals surface area contributed by atoms with E-state index in [1.54, 1.807) is 0 Å². The molecule has 1 saturated carbocycles. The molecule has 0 aliphatic heterocycles. The number of nitrogens with zero attached hydrogens (tertiary/aromatic N) is 2. The molecule has 1 rings (SSSR count). The van der Waals surface area contributed by atoms with E-state index in [0.29, 0.717) is 5.01 Å². The van der Waals surface area contributed by atoms with Gasteiger partial charge in [0.1, 0.15) is 6.54 Å². The van der Waals surface area contributed by atoms with E-state index in [4.69, 9.17) is 5.11 Å². The summed E-state index contributed by atoms with van der Waals surface area (Å²) in [6, 6.07) is -0.705. The molecule has 0 spiro atoms. The highest BCUT2D eigenvalue weighted by Crippen LogP contribution is 2.17. The Kier molecular flexibility index (Phi) is 4.68. The Hall–Kier alpha value is -1.66. The van der Waals surface area contributed by atoms with E-state index in [1.165, 1.54) is 0 Å². The molecule has 0 heterocycles. The van der Waals surface area contributed by atoms with Crippen LogP contribution in [0.5, 0.6) is 0 Å². The Morgan fingerprint density at radius 3 is 2.44 bits per heavy atom. The van der Waals surface area contributed by atoms with Gasteiger partial charge < -0.3 is 10.4 Å². The van der Waals surface area contributed by atoms with E-state index in [2.05, 4.69) is 10.6 Å². The zero-order valence-electron chi connectivity index (χ0n) is 8.89. The van der Waals surface area contributed by atoms with Gasteiger partial charge in [0.05, 0.1) is 5.29 Å². The van der Waals surface area contributed by atoms with Crippen molar-refractivity contribution in [2.75, 3.05) is 6.54 Å². The first-order chi connectivity index (χ1) is 7.63. The highest BCUT2D eigenvalue weighted by atomic mass is 16.4. The van der Waals surface area contributed by atoms with Gasteiger partial charge in [-0.15, -0.1) is 4.91 Å². The highest BCUT2D eigenvalue weighted by molar-refractivity contribution is 5.79. The summed E-state index contributed by atoms with van der Waals surface area (Å²) in [6.45, 7) is -0.706. The third kappa shape index (κ3) is 3.84. The van der Waals surface area contributed by atoms with E-state index >= 15 is 0 Å². The average molecular weight is 229 g/mol. The van der Waals surface area contributed by atoms with Crippen molar-refractivity contribution in [2.24, 2.45) is 5.29 Å². The van der Waals surface area contributed by atoms with Gasteiger partial charge in [-0.3, -0.25) is 4.79 Å². The number of hydrogen-bond donors (Lipinski definition) is 2. The van der Waals surface area contributed by atoms with E-state index < -0.39 is 18.5 Å². The fourth-order valence-electron chi connectivity index (χ4n) is 1.76. The molecule has 0 saturated heterocycles. The molecule has 1 aliphatic carbocycles. The van der Waals surface area contributed by atoms with Gasteiger partial charge in [0, 0.05) is 6.04 Å². The van der Waals surface area contributed by atoms with Crippen molar-refractivity contribution in [1.82, 2.24) is 10.3 Å². The number of aliphatic carboxylic acids is 1. The topological polar surface area (TPSA) is 99.1 Å². The second-order valence-electron chi connectivity index (χ2n) is 3.82. The summed E-state index contributed by atoms with van der Waals surface area (Å²) in [6.07, 6.45) is 4.96. The van der Waals surface area contributed by atoms with Crippen LogP contribution in [0.2, 0.25) is 0 Å². The Bertz CT molecular complexity index is 276. The average Bonchev–Trinajstić information content (AvgIpc) is 2.26. The normalized spacial score (nSPS) is 16.5. The van der Waals surface area contributed by atoms with Gasteiger partial charge >= 0.3 is 12.0 Å². The summed E-state index contributed by atoms with van der Waals surface area (Å²) in [4.78, 5) is 32.1. The highest BCUT2D eigenvalue weighted by Gasteiger charge is 2.22. The maximum absolute atomic E-state index is 11.4. The standard InChI is InChI=1S/C9H15N3O4/c13-8(14)6-12(11-16)9(15)10-7-4-2-1-3-5-7/h7H,1-6H2,(H,10,15)(H,13,14). The summed E-state index contributed by atoms with van der Waals surface area (Å²) in [7, 11) is 0. The van der Waals surface area contributed by atoms with Crippen LogP contribution in [0.15, 0.2) is 5.29 Å². The van der Waals surface area contributed by atoms with Crippen LogP contribution < -0.4 is 5.32 Å². The van der Waals surface area contributed by atoms with Crippen LogP contribution in [0.25, 0.3) is 0 Å². The minimum atomic E-state index is -1.27. The van der Waals surface area contributed by atoms with Crippen LogP contribution in [0.1, 0.15) is 32.1 Å². The maximum atomic E-state index is 11.4. The quantitative estimate of drug-likeness (QED) is 0.556. The van der Waals surface area contributed by atoms with Crippen molar-refractivity contribution in [1.29, 1.82) is 0 Å². The number of urea groups is 1. The lowest BCUT2D eigenvalue weighted by molar-refractivity contribution is -0.137. The predicted octanol–water partition coefficient (Wildman–Crippen LogP) is 1.10. The van der Waals surface area contributed by atoms with Gasteiger partial charge in [-0.05, 0) is 12.8 Å². The summed E-state index contributed by atoms with van der Waals surface area (Å²) in [5.74, 6) is -1.27. The number of carboxylic acids is 1. The van der Waals surface area contributed by atoms with Crippen LogP contribution in [-0.2, 0) is 4.79 Å². The van der Waals surface area contributed by atoms with Gasteiger partial charge in [0.25, 0.3) is 0 Å². The Morgan fingerprint density at radius 1 is 1.31 bits per heavy atom. The van der Waals surface area contributed by atoms with Crippen LogP contribution >= 0.6 is 0 Å². The number of hydrogen-bond acceptors (Lipinski definition) is 4. The Labute approximate surface area is 92.7 Å². The van der Waals surface area contributed by atoms with Gasteiger partial charge in [-0.2, -0.15) is 5.01 Å². The molecule has 7 nitrogen and oxygen atoms in total. The zero-order valence-corrected chi connectivity index (χ0v) is 8.89. The first kappa shape index (κ1) is 12.4. The van der Waals surface area contributed by atoms with Crippen LogP contribution in [0.3, 0.4) is 0 Å². The molecule has 0 radical (unpaired) electrons. The first-order valence-electron chi connectivity index (χ1n) is 5.26. The van der Waals surface area contributed by atoms with E-state index in [1.807, 2.05) is 0 Å². The van der Waals surface area contributed by atoms with Crippen molar-refractivity contribution in [3.63, 3.8) is 0 Å². The molecular weight excluding hydrogens is 214 g/mol. The molecule has 0 aromatic carbocycles. The summed E-state index contributed by atoms with van der Waals surface area (Å²) in [5, 5.41) is 13.8. The fourth-order valence-corrected chi connectivity index (χ4v) is 1.76. The Balaban J connectivity index is 2.41. The lowest BCUT2D eigenvalue weighted by Crippen LogP contribution is -2.44. The molecule has 0 atom stereocenters. The van der Waals surface area contributed by atoms with Gasteiger partial charge in [0.2, 0.25) is 0 Å². The third-order valence-electron chi connectivity index (χ3n) is 2.55. The van der Waals surface area contributed by atoms with Crippen molar-refractivity contribution in [2.45, 2.75) is 38.1 Å². The molecule has 2 N–H and O–H groups in total. The van der Waals surface area contributed by atoms with Crippen molar-refractivity contribution in [3.05, 3.63) is 4.91 Å². The Morgan fingerprint density at radius 2 is 1.94 bits per heavy atom. The molecule has 7 heteroatoms. The SMILES string of the molecule is O=NN(CC(=O)O)C(=O)NC1CCCCC1. The molecule has 0 bridgehead atoms. The number of carbonyl (C=O) groups is 2. The van der Waals surface area contributed by atoms with E-state index in [-0.39, 0.29) is 6.04 Å². The minimum absolute atomic E-state index is 0.0271. The molecule has 16 heavy (non-hydrogen) atoms. The van der Waals surface area contributed by atoms with Gasteiger partial charge in [-0.1, -0.05) is 19.3 Å². The molecule has 0 unspecified atom stereocenters. The molecular formula is C9H15N3O4. The second kappa shape index (κ2) is 6.04.